The average molecular weight is 375 g/mol. The summed E-state index contributed by atoms with van der Waals surface area (Å²) >= 11 is 0. The molecule has 0 amide bonds. The Balaban J connectivity index is 1.90. The summed E-state index contributed by atoms with van der Waals surface area (Å²) in [5, 5.41) is 13.6. The van der Waals surface area contributed by atoms with Crippen LogP contribution < -0.4 is 16.4 Å². The van der Waals surface area contributed by atoms with E-state index in [0.717, 1.165) is 29.8 Å². The van der Waals surface area contributed by atoms with E-state index >= 15 is 0 Å². The van der Waals surface area contributed by atoms with E-state index in [4.69, 9.17) is 5.73 Å². The van der Waals surface area contributed by atoms with Crippen molar-refractivity contribution in [1.82, 2.24) is 20.2 Å². The Morgan fingerprint density at radius 3 is 2.63 bits per heavy atom. The standard InChI is InChI=1S/C18H23F2N7/c1-10(2)14-15-16(27-26-14)17(25-18(24-15)22-7-3-6-21)23-9-11-4-5-12(19)13(20)8-11/h4-5,8,10H,3,6-7,9,21H2,1-2H3,(H,26,27)(H2,22,23,24,25). The van der Waals surface area contributed by atoms with Crippen LogP contribution in [0, 0.1) is 11.6 Å². The fraction of sp³-hybridized carbons (Fsp3) is 0.389. The van der Waals surface area contributed by atoms with E-state index in [2.05, 4.69) is 30.8 Å². The maximum atomic E-state index is 13.4. The summed E-state index contributed by atoms with van der Waals surface area (Å²) in [5.41, 5.74) is 8.36. The van der Waals surface area contributed by atoms with E-state index in [1.54, 1.807) is 0 Å². The molecule has 3 rings (SSSR count). The third-order valence-electron chi connectivity index (χ3n) is 4.11. The van der Waals surface area contributed by atoms with Gasteiger partial charge in [0, 0.05) is 13.1 Å². The first-order valence-electron chi connectivity index (χ1n) is 8.87. The summed E-state index contributed by atoms with van der Waals surface area (Å²) in [6.07, 6.45) is 0.793. The highest BCUT2D eigenvalue weighted by molar-refractivity contribution is 5.88. The predicted molar refractivity (Wildman–Crippen MR) is 102 cm³/mol. The van der Waals surface area contributed by atoms with Gasteiger partial charge in [-0.3, -0.25) is 5.10 Å². The molecule has 0 aliphatic rings. The number of hydrogen-bond acceptors (Lipinski definition) is 6. The van der Waals surface area contributed by atoms with Crippen LogP contribution in [-0.4, -0.2) is 33.3 Å². The Bertz CT molecular complexity index is 923. The number of benzene rings is 1. The summed E-state index contributed by atoms with van der Waals surface area (Å²) in [4.78, 5) is 9.04. The minimum atomic E-state index is -0.881. The fourth-order valence-corrected chi connectivity index (χ4v) is 2.66. The molecule has 0 fully saturated rings. The van der Waals surface area contributed by atoms with Crippen LogP contribution in [0.5, 0.6) is 0 Å². The van der Waals surface area contributed by atoms with Gasteiger partial charge in [-0.1, -0.05) is 19.9 Å². The van der Waals surface area contributed by atoms with Crippen LogP contribution in [0.4, 0.5) is 20.5 Å². The molecule has 0 atom stereocenters. The molecule has 7 nitrogen and oxygen atoms in total. The Morgan fingerprint density at radius 1 is 1.11 bits per heavy atom. The molecule has 0 spiro atoms. The Labute approximate surface area is 155 Å². The zero-order valence-corrected chi connectivity index (χ0v) is 15.3. The van der Waals surface area contributed by atoms with Gasteiger partial charge in [0.15, 0.2) is 23.0 Å². The van der Waals surface area contributed by atoms with Gasteiger partial charge in [0.05, 0.1) is 5.69 Å². The first-order chi connectivity index (χ1) is 13.0. The molecule has 0 aliphatic heterocycles. The lowest BCUT2D eigenvalue weighted by molar-refractivity contribution is 0.507. The molecule has 27 heavy (non-hydrogen) atoms. The average Bonchev–Trinajstić information content (AvgIpc) is 3.07. The molecule has 0 radical (unpaired) electrons. The van der Waals surface area contributed by atoms with E-state index in [9.17, 15) is 8.78 Å². The largest absolute Gasteiger partial charge is 0.364 e. The Morgan fingerprint density at radius 2 is 1.93 bits per heavy atom. The van der Waals surface area contributed by atoms with E-state index in [0.29, 0.717) is 35.9 Å². The molecule has 0 saturated carbocycles. The van der Waals surface area contributed by atoms with Gasteiger partial charge in [-0.2, -0.15) is 10.1 Å². The van der Waals surface area contributed by atoms with Crippen molar-refractivity contribution in [3.8, 4) is 0 Å². The molecule has 144 valence electrons. The van der Waals surface area contributed by atoms with Crippen LogP contribution in [0.2, 0.25) is 0 Å². The summed E-state index contributed by atoms with van der Waals surface area (Å²) in [6, 6.07) is 3.78. The zero-order valence-electron chi connectivity index (χ0n) is 15.3. The quantitative estimate of drug-likeness (QED) is 0.451. The lowest BCUT2D eigenvalue weighted by atomic mass is 10.1. The van der Waals surface area contributed by atoms with Crippen LogP contribution in [0.15, 0.2) is 18.2 Å². The van der Waals surface area contributed by atoms with Crippen LogP contribution in [0.25, 0.3) is 11.0 Å². The fourth-order valence-electron chi connectivity index (χ4n) is 2.66. The third kappa shape index (κ3) is 4.30. The van der Waals surface area contributed by atoms with Gasteiger partial charge >= 0.3 is 0 Å². The van der Waals surface area contributed by atoms with Crippen LogP contribution in [0.3, 0.4) is 0 Å². The lowest BCUT2D eigenvalue weighted by Gasteiger charge is -2.10. The van der Waals surface area contributed by atoms with Crippen LogP contribution >= 0.6 is 0 Å². The molecule has 2 aromatic heterocycles. The topological polar surface area (TPSA) is 105 Å². The van der Waals surface area contributed by atoms with Crippen molar-refractivity contribution in [2.45, 2.75) is 32.7 Å². The summed E-state index contributed by atoms with van der Waals surface area (Å²) < 4.78 is 26.5. The molecule has 0 unspecified atom stereocenters. The maximum Gasteiger partial charge on any atom is 0.225 e. The summed E-state index contributed by atoms with van der Waals surface area (Å²) in [6.45, 7) is 5.59. The highest BCUT2D eigenvalue weighted by atomic mass is 19.2. The number of fused-ring (bicyclic) bond motifs is 1. The van der Waals surface area contributed by atoms with E-state index in [1.165, 1.54) is 6.07 Å². The van der Waals surface area contributed by atoms with Crippen molar-refractivity contribution < 1.29 is 8.78 Å². The van der Waals surface area contributed by atoms with Crippen molar-refractivity contribution in [2.24, 2.45) is 5.73 Å². The molecule has 0 bridgehead atoms. The number of aromatic amines is 1. The Kier molecular flexibility index (Phi) is 5.80. The van der Waals surface area contributed by atoms with Gasteiger partial charge < -0.3 is 16.4 Å². The third-order valence-corrected chi connectivity index (χ3v) is 4.11. The summed E-state index contributed by atoms with van der Waals surface area (Å²) in [5.74, 6) is -0.562. The minimum absolute atomic E-state index is 0.209. The van der Waals surface area contributed by atoms with Gasteiger partial charge in [0.2, 0.25) is 5.95 Å². The number of H-pyrrole nitrogens is 1. The van der Waals surface area contributed by atoms with Crippen molar-refractivity contribution in [3.63, 3.8) is 0 Å². The molecule has 0 aliphatic carbocycles. The second-order valence-corrected chi connectivity index (χ2v) is 6.56. The van der Waals surface area contributed by atoms with Crippen molar-refractivity contribution in [1.29, 1.82) is 0 Å². The predicted octanol–water partition coefficient (Wildman–Crippen LogP) is 3.13. The minimum Gasteiger partial charge on any atom is -0.364 e. The lowest BCUT2D eigenvalue weighted by Crippen LogP contribution is -2.12. The van der Waals surface area contributed by atoms with Crippen LogP contribution in [-0.2, 0) is 6.54 Å². The Hall–Kier alpha value is -2.81. The number of anilines is 2. The smallest absolute Gasteiger partial charge is 0.225 e. The number of nitrogens with zero attached hydrogens (tertiary/aromatic N) is 3. The maximum absolute atomic E-state index is 13.4. The monoisotopic (exact) mass is 375 g/mol. The summed E-state index contributed by atoms with van der Waals surface area (Å²) in [7, 11) is 0. The highest BCUT2D eigenvalue weighted by Crippen LogP contribution is 2.27. The van der Waals surface area contributed by atoms with Gasteiger partial charge in [-0.25, -0.2) is 13.8 Å². The second-order valence-electron chi connectivity index (χ2n) is 6.56. The van der Waals surface area contributed by atoms with E-state index in [1.807, 2.05) is 13.8 Å². The first kappa shape index (κ1) is 19.0. The van der Waals surface area contributed by atoms with Crippen molar-refractivity contribution in [3.05, 3.63) is 41.1 Å². The number of rotatable bonds is 8. The molecular weight excluding hydrogens is 352 g/mol. The number of hydrogen-bond donors (Lipinski definition) is 4. The molecule has 9 heteroatoms. The normalized spacial score (nSPS) is 11.3. The van der Waals surface area contributed by atoms with E-state index in [-0.39, 0.29) is 12.5 Å². The zero-order chi connectivity index (χ0) is 19.4. The van der Waals surface area contributed by atoms with E-state index < -0.39 is 11.6 Å². The van der Waals surface area contributed by atoms with Crippen LogP contribution in [0.1, 0.15) is 37.4 Å². The second kappa shape index (κ2) is 8.26. The molecule has 5 N–H and O–H groups in total. The molecular formula is C18H23F2N7. The molecule has 3 aromatic rings. The molecule has 1 aromatic carbocycles. The SMILES string of the molecule is CC(C)c1[nH]nc2c(NCc3ccc(F)c(F)c3)nc(NCCCN)nc12. The van der Waals surface area contributed by atoms with Gasteiger partial charge in [0.25, 0.3) is 0 Å². The highest BCUT2D eigenvalue weighted by Gasteiger charge is 2.16. The number of nitrogens with one attached hydrogen (secondary N) is 3. The van der Waals surface area contributed by atoms with Gasteiger partial charge in [-0.15, -0.1) is 0 Å². The van der Waals surface area contributed by atoms with Crippen molar-refractivity contribution in [2.75, 3.05) is 23.7 Å². The van der Waals surface area contributed by atoms with Gasteiger partial charge in [0.1, 0.15) is 5.52 Å². The number of aromatic nitrogens is 4. The first-order valence-corrected chi connectivity index (χ1v) is 8.87. The molecule has 0 saturated heterocycles. The number of halogens is 2. The van der Waals surface area contributed by atoms with Crippen molar-refractivity contribution >= 4 is 22.8 Å². The number of nitrogens with two attached hydrogens (primary N) is 1. The van der Waals surface area contributed by atoms with Gasteiger partial charge in [-0.05, 0) is 36.6 Å². The molecule has 2 heterocycles.